The van der Waals surface area contributed by atoms with Crippen molar-refractivity contribution in [3.8, 4) is 0 Å². The number of rotatable bonds is 10. The van der Waals surface area contributed by atoms with Crippen molar-refractivity contribution in [1.82, 2.24) is 15.1 Å². The Morgan fingerprint density at radius 3 is 2.36 bits per heavy atom. The van der Waals surface area contributed by atoms with Crippen molar-refractivity contribution >= 4 is 18.0 Å². The number of esters is 1. The van der Waals surface area contributed by atoms with Gasteiger partial charge in [-0.2, -0.15) is 0 Å². The van der Waals surface area contributed by atoms with Crippen molar-refractivity contribution in [2.75, 3.05) is 39.4 Å². The van der Waals surface area contributed by atoms with Gasteiger partial charge in [0.05, 0.1) is 19.1 Å². The molecule has 0 aliphatic carbocycles. The molecule has 2 aliphatic heterocycles. The highest BCUT2D eigenvalue weighted by atomic mass is 16.6. The molecule has 39 heavy (non-hydrogen) atoms. The fraction of sp³-hybridized carbons (Fsp3) is 0.500. The quantitative estimate of drug-likeness (QED) is 0.458. The monoisotopic (exact) mass is 537 g/mol. The molecule has 0 radical (unpaired) electrons. The van der Waals surface area contributed by atoms with Crippen LogP contribution in [-0.4, -0.2) is 73.3 Å². The van der Waals surface area contributed by atoms with Crippen LogP contribution < -0.4 is 5.32 Å². The van der Waals surface area contributed by atoms with Crippen LogP contribution in [0.15, 0.2) is 54.6 Å². The number of benzene rings is 2. The van der Waals surface area contributed by atoms with Crippen molar-refractivity contribution in [2.24, 2.45) is 0 Å². The van der Waals surface area contributed by atoms with Crippen molar-refractivity contribution in [3.05, 3.63) is 71.3 Å². The lowest BCUT2D eigenvalue weighted by Crippen LogP contribution is -2.48. The van der Waals surface area contributed by atoms with Crippen LogP contribution in [0.4, 0.5) is 4.79 Å². The van der Waals surface area contributed by atoms with Crippen LogP contribution in [0.25, 0.3) is 0 Å². The first-order valence-corrected chi connectivity index (χ1v) is 13.8. The Morgan fingerprint density at radius 2 is 1.64 bits per heavy atom. The lowest BCUT2D eigenvalue weighted by molar-refractivity contribution is -0.143. The molecule has 1 N–H and O–H groups in total. The molecule has 9 nitrogen and oxygen atoms in total. The van der Waals surface area contributed by atoms with Gasteiger partial charge in [0, 0.05) is 26.2 Å². The summed E-state index contributed by atoms with van der Waals surface area (Å²) in [6.45, 7) is 6.74. The Kier molecular flexibility index (Phi) is 10.3. The van der Waals surface area contributed by atoms with E-state index in [-0.39, 0.29) is 55.8 Å². The predicted molar refractivity (Wildman–Crippen MR) is 146 cm³/mol. The van der Waals surface area contributed by atoms with Crippen molar-refractivity contribution in [1.29, 1.82) is 0 Å². The van der Waals surface area contributed by atoms with E-state index in [2.05, 4.69) is 23.2 Å². The number of nitrogens with zero attached hydrogens (tertiary/aromatic N) is 2. The minimum absolute atomic E-state index is 0.0664. The maximum absolute atomic E-state index is 13.0. The minimum Gasteiger partial charge on any atom is -0.466 e. The van der Waals surface area contributed by atoms with Crippen LogP contribution >= 0.6 is 0 Å². The first-order valence-electron chi connectivity index (χ1n) is 13.8. The number of fused-ring (bicyclic) bond motifs is 1. The van der Waals surface area contributed by atoms with Crippen LogP contribution in [0, 0.1) is 0 Å². The predicted octanol–water partition coefficient (Wildman–Crippen LogP) is 3.99. The first-order chi connectivity index (χ1) is 18.9. The molecule has 2 atom stereocenters. The molecule has 0 saturated carbocycles. The summed E-state index contributed by atoms with van der Waals surface area (Å²) in [7, 11) is 0. The molecule has 0 spiro atoms. The summed E-state index contributed by atoms with van der Waals surface area (Å²) in [5.74, 6) is -0.180. The lowest BCUT2D eigenvalue weighted by Gasteiger charge is -2.40. The van der Waals surface area contributed by atoms with E-state index in [0.717, 1.165) is 17.7 Å². The number of carbonyl (C=O) groups excluding carboxylic acids is 3. The van der Waals surface area contributed by atoms with Crippen LogP contribution in [0.5, 0.6) is 0 Å². The van der Waals surface area contributed by atoms with Crippen molar-refractivity contribution in [3.63, 3.8) is 0 Å². The normalized spacial score (nSPS) is 19.7. The fourth-order valence-electron chi connectivity index (χ4n) is 5.22. The van der Waals surface area contributed by atoms with E-state index in [1.165, 1.54) is 5.56 Å². The molecule has 2 aliphatic rings. The van der Waals surface area contributed by atoms with Crippen LogP contribution in [0.3, 0.4) is 0 Å². The third kappa shape index (κ3) is 8.03. The summed E-state index contributed by atoms with van der Waals surface area (Å²) in [6.07, 6.45) is 0.768. The average molecular weight is 538 g/mol. The smallest absolute Gasteiger partial charge is 0.410 e. The molecule has 210 valence electrons. The van der Waals surface area contributed by atoms with Crippen LogP contribution in [-0.2, 0) is 30.4 Å². The molecular formula is C30H39N3O6. The van der Waals surface area contributed by atoms with Gasteiger partial charge in [0.15, 0.2) is 0 Å². The van der Waals surface area contributed by atoms with E-state index < -0.39 is 0 Å². The maximum Gasteiger partial charge on any atom is 0.410 e. The molecule has 1 fully saturated rings. The van der Waals surface area contributed by atoms with Gasteiger partial charge in [-0.1, -0.05) is 61.5 Å². The second kappa shape index (κ2) is 14.1. The van der Waals surface area contributed by atoms with E-state index >= 15 is 0 Å². The molecule has 1 saturated heterocycles. The molecular weight excluding hydrogens is 498 g/mol. The molecule has 2 aromatic rings. The lowest BCUT2D eigenvalue weighted by atomic mass is 9.89. The third-order valence-corrected chi connectivity index (χ3v) is 7.26. The molecule has 0 bridgehead atoms. The molecule has 2 unspecified atom stereocenters. The fourth-order valence-corrected chi connectivity index (χ4v) is 5.22. The summed E-state index contributed by atoms with van der Waals surface area (Å²) in [5, 5.41) is 3.13. The highest BCUT2D eigenvalue weighted by molar-refractivity contribution is 5.78. The topological polar surface area (TPSA) is 97.4 Å². The summed E-state index contributed by atoms with van der Waals surface area (Å²) in [5.41, 5.74) is 3.18. The second-order valence-electron chi connectivity index (χ2n) is 10.1. The standard InChI is InChI=1S/C30H39N3O6/c1-3-37-28(35)15-18-33-19-22(2)25-11-7-8-12-26(25)29(33)31-27(34)21-38-24-13-16-32(17-14-24)30(36)39-20-23-9-5-4-6-10-23/h4-12,22,24,29H,3,13-21H2,1-2H3,(H,31,34). The largest absolute Gasteiger partial charge is 0.466 e. The van der Waals surface area contributed by atoms with Gasteiger partial charge in [-0.3, -0.25) is 14.5 Å². The molecule has 2 aromatic carbocycles. The van der Waals surface area contributed by atoms with Gasteiger partial charge >= 0.3 is 12.1 Å². The van der Waals surface area contributed by atoms with Gasteiger partial charge in [-0.15, -0.1) is 0 Å². The van der Waals surface area contributed by atoms with Gasteiger partial charge in [-0.25, -0.2) is 4.79 Å². The summed E-state index contributed by atoms with van der Waals surface area (Å²) in [4.78, 5) is 41.2. The Bertz CT molecular complexity index is 1100. The number of amides is 2. The van der Waals surface area contributed by atoms with Crippen LogP contribution in [0.2, 0.25) is 0 Å². The van der Waals surface area contributed by atoms with Gasteiger partial charge in [0.1, 0.15) is 19.4 Å². The zero-order valence-electron chi connectivity index (χ0n) is 22.8. The summed E-state index contributed by atoms with van der Waals surface area (Å²) < 4.78 is 16.5. The van der Waals surface area contributed by atoms with E-state index in [0.29, 0.717) is 39.1 Å². The number of piperidine rings is 1. The van der Waals surface area contributed by atoms with Gasteiger partial charge < -0.3 is 24.4 Å². The molecule has 2 heterocycles. The van der Waals surface area contributed by atoms with E-state index in [1.807, 2.05) is 48.5 Å². The SMILES string of the molecule is CCOC(=O)CCN1CC(C)c2ccccc2C1NC(=O)COC1CCN(C(=O)OCc2ccccc2)CC1. The number of nitrogens with one attached hydrogen (secondary N) is 1. The Morgan fingerprint density at radius 1 is 0.949 bits per heavy atom. The Balaban J connectivity index is 1.25. The second-order valence-corrected chi connectivity index (χ2v) is 10.1. The number of ether oxygens (including phenoxy) is 3. The number of hydrogen-bond donors (Lipinski definition) is 1. The third-order valence-electron chi connectivity index (χ3n) is 7.26. The number of hydrogen-bond acceptors (Lipinski definition) is 7. The number of likely N-dealkylation sites (tertiary alicyclic amines) is 1. The van der Waals surface area contributed by atoms with Crippen molar-refractivity contribution in [2.45, 2.75) is 57.9 Å². The average Bonchev–Trinajstić information content (AvgIpc) is 2.96. The van der Waals surface area contributed by atoms with E-state index in [4.69, 9.17) is 14.2 Å². The maximum atomic E-state index is 13.0. The molecule has 0 aromatic heterocycles. The minimum atomic E-state index is -0.343. The van der Waals surface area contributed by atoms with Crippen molar-refractivity contribution < 1.29 is 28.6 Å². The molecule has 9 heteroatoms. The van der Waals surface area contributed by atoms with E-state index in [1.54, 1.807) is 11.8 Å². The highest BCUT2D eigenvalue weighted by Crippen LogP contribution is 2.34. The summed E-state index contributed by atoms with van der Waals surface area (Å²) >= 11 is 0. The zero-order chi connectivity index (χ0) is 27.6. The molecule has 4 rings (SSSR count). The highest BCUT2D eigenvalue weighted by Gasteiger charge is 2.32. The summed E-state index contributed by atoms with van der Waals surface area (Å²) in [6, 6.07) is 17.7. The first kappa shape index (κ1) is 28.6. The number of carbonyl (C=O) groups is 3. The zero-order valence-corrected chi connectivity index (χ0v) is 22.8. The molecule has 2 amide bonds. The van der Waals surface area contributed by atoms with Crippen LogP contribution in [0.1, 0.15) is 61.9 Å². The Labute approximate surface area is 230 Å². The Hall–Kier alpha value is -3.43. The van der Waals surface area contributed by atoms with Gasteiger partial charge in [0.25, 0.3) is 0 Å². The van der Waals surface area contributed by atoms with Gasteiger partial charge in [0.2, 0.25) is 5.91 Å². The van der Waals surface area contributed by atoms with E-state index in [9.17, 15) is 14.4 Å². The van der Waals surface area contributed by atoms with Gasteiger partial charge in [-0.05, 0) is 42.4 Å².